The van der Waals surface area contributed by atoms with E-state index in [1.807, 2.05) is 0 Å². The number of likely N-dealkylation sites (N-methyl/N-ethyl adjacent to an activating group) is 1. The Morgan fingerprint density at radius 1 is 1.17 bits per heavy atom. The third kappa shape index (κ3) is 6.82. The van der Waals surface area contributed by atoms with Crippen molar-refractivity contribution in [2.24, 2.45) is 0 Å². The summed E-state index contributed by atoms with van der Waals surface area (Å²) in [7, 11) is 3.14. The standard InChI is InChI=1S/C16H22N2O5/c1-16(2,3)23-15(21)17-12-8-6-7-11(9-12)14(20)22-10-13(19)18(4)5/h6-9H,10H2,1-5H3,(H,17,21). The molecule has 7 nitrogen and oxygen atoms in total. The Morgan fingerprint density at radius 2 is 1.83 bits per heavy atom. The Labute approximate surface area is 135 Å². The zero-order chi connectivity index (χ0) is 17.6. The van der Waals surface area contributed by atoms with Crippen LogP contribution in [0.4, 0.5) is 10.5 Å². The van der Waals surface area contributed by atoms with Crippen LogP contribution < -0.4 is 5.32 Å². The molecular weight excluding hydrogens is 300 g/mol. The first-order chi connectivity index (χ1) is 10.6. The summed E-state index contributed by atoms with van der Waals surface area (Å²) in [4.78, 5) is 36.3. The summed E-state index contributed by atoms with van der Waals surface area (Å²) in [6.45, 7) is 4.92. The lowest BCUT2D eigenvalue weighted by molar-refractivity contribution is -0.131. The molecule has 7 heteroatoms. The molecule has 0 saturated carbocycles. The number of hydrogen-bond donors (Lipinski definition) is 1. The zero-order valence-electron chi connectivity index (χ0n) is 14.0. The first kappa shape index (κ1) is 18.5. The summed E-state index contributed by atoms with van der Waals surface area (Å²) in [6.07, 6.45) is -0.620. The number of nitrogens with one attached hydrogen (secondary N) is 1. The fraction of sp³-hybridized carbons (Fsp3) is 0.438. The van der Waals surface area contributed by atoms with Gasteiger partial charge in [-0.15, -0.1) is 0 Å². The second kappa shape index (κ2) is 7.62. The molecular formula is C16H22N2O5. The Kier molecular flexibility index (Phi) is 6.12. The first-order valence-corrected chi connectivity index (χ1v) is 7.06. The van der Waals surface area contributed by atoms with E-state index in [4.69, 9.17) is 9.47 Å². The highest BCUT2D eigenvalue weighted by molar-refractivity contribution is 5.93. The molecule has 0 atom stereocenters. The van der Waals surface area contributed by atoms with Gasteiger partial charge in [0.1, 0.15) is 5.60 Å². The van der Waals surface area contributed by atoms with Crippen molar-refractivity contribution in [1.29, 1.82) is 0 Å². The van der Waals surface area contributed by atoms with E-state index < -0.39 is 17.7 Å². The second-order valence-corrected chi connectivity index (χ2v) is 6.07. The minimum Gasteiger partial charge on any atom is -0.452 e. The van der Waals surface area contributed by atoms with Crippen LogP contribution in [0.15, 0.2) is 24.3 Å². The van der Waals surface area contributed by atoms with Crippen molar-refractivity contribution in [2.45, 2.75) is 26.4 Å². The number of carbonyl (C=O) groups is 3. The lowest BCUT2D eigenvalue weighted by Crippen LogP contribution is -2.28. The Balaban J connectivity index is 2.67. The van der Waals surface area contributed by atoms with E-state index >= 15 is 0 Å². The van der Waals surface area contributed by atoms with Crippen molar-refractivity contribution in [1.82, 2.24) is 4.90 Å². The van der Waals surface area contributed by atoms with Gasteiger partial charge in [-0.2, -0.15) is 0 Å². The van der Waals surface area contributed by atoms with Crippen LogP contribution >= 0.6 is 0 Å². The molecule has 1 aromatic rings. The molecule has 126 valence electrons. The smallest absolute Gasteiger partial charge is 0.412 e. The zero-order valence-corrected chi connectivity index (χ0v) is 14.0. The van der Waals surface area contributed by atoms with E-state index in [1.165, 1.54) is 17.0 Å². The molecule has 0 aliphatic carbocycles. The van der Waals surface area contributed by atoms with Crippen molar-refractivity contribution in [3.05, 3.63) is 29.8 Å². The highest BCUT2D eigenvalue weighted by atomic mass is 16.6. The Bertz CT molecular complexity index is 590. The third-order valence-corrected chi connectivity index (χ3v) is 2.57. The van der Waals surface area contributed by atoms with Gasteiger partial charge in [0.25, 0.3) is 5.91 Å². The van der Waals surface area contributed by atoms with Gasteiger partial charge in [0.2, 0.25) is 0 Å². The summed E-state index contributed by atoms with van der Waals surface area (Å²) in [5, 5.41) is 2.53. The van der Waals surface area contributed by atoms with Crippen LogP contribution in [0.1, 0.15) is 31.1 Å². The Hall–Kier alpha value is -2.57. The van der Waals surface area contributed by atoms with Gasteiger partial charge in [0.05, 0.1) is 5.56 Å². The summed E-state index contributed by atoms with van der Waals surface area (Å²) in [6, 6.07) is 6.19. The van der Waals surface area contributed by atoms with E-state index in [-0.39, 0.29) is 18.1 Å². The maximum atomic E-state index is 11.9. The average Bonchev–Trinajstić information content (AvgIpc) is 2.42. The van der Waals surface area contributed by atoms with E-state index in [0.29, 0.717) is 5.69 Å². The van der Waals surface area contributed by atoms with Gasteiger partial charge in [0.15, 0.2) is 6.61 Å². The lowest BCUT2D eigenvalue weighted by atomic mass is 10.2. The molecule has 0 bridgehead atoms. The molecule has 0 aromatic heterocycles. The molecule has 23 heavy (non-hydrogen) atoms. The quantitative estimate of drug-likeness (QED) is 0.860. The highest BCUT2D eigenvalue weighted by Crippen LogP contribution is 2.14. The van der Waals surface area contributed by atoms with Gasteiger partial charge in [-0.25, -0.2) is 9.59 Å². The van der Waals surface area contributed by atoms with Crippen LogP contribution in [0, 0.1) is 0 Å². The molecule has 2 amide bonds. The molecule has 0 unspecified atom stereocenters. The minimum absolute atomic E-state index is 0.227. The first-order valence-electron chi connectivity index (χ1n) is 7.06. The molecule has 0 spiro atoms. The van der Waals surface area contributed by atoms with Gasteiger partial charge < -0.3 is 14.4 Å². The van der Waals surface area contributed by atoms with Crippen molar-refractivity contribution >= 4 is 23.7 Å². The van der Waals surface area contributed by atoms with Crippen LogP contribution in [0.25, 0.3) is 0 Å². The number of rotatable bonds is 4. The lowest BCUT2D eigenvalue weighted by Gasteiger charge is -2.19. The van der Waals surface area contributed by atoms with Gasteiger partial charge in [-0.1, -0.05) is 6.07 Å². The van der Waals surface area contributed by atoms with Crippen LogP contribution in [0.3, 0.4) is 0 Å². The molecule has 0 fully saturated rings. The fourth-order valence-corrected chi connectivity index (χ4v) is 1.49. The number of amides is 2. The number of nitrogens with zero attached hydrogens (tertiary/aromatic N) is 1. The third-order valence-electron chi connectivity index (χ3n) is 2.57. The molecule has 0 heterocycles. The number of ether oxygens (including phenoxy) is 2. The van der Waals surface area contributed by atoms with Crippen molar-refractivity contribution in [2.75, 3.05) is 26.0 Å². The van der Waals surface area contributed by atoms with E-state index in [1.54, 1.807) is 47.0 Å². The van der Waals surface area contributed by atoms with E-state index in [0.717, 1.165) is 0 Å². The summed E-state index contributed by atoms with van der Waals surface area (Å²) >= 11 is 0. The monoisotopic (exact) mass is 322 g/mol. The molecule has 0 aliphatic heterocycles. The number of anilines is 1. The minimum atomic E-state index is -0.645. The van der Waals surface area contributed by atoms with Crippen molar-refractivity contribution in [3.63, 3.8) is 0 Å². The van der Waals surface area contributed by atoms with E-state index in [2.05, 4.69) is 5.32 Å². The van der Waals surface area contributed by atoms with Crippen LogP contribution in [0.5, 0.6) is 0 Å². The predicted molar refractivity (Wildman–Crippen MR) is 85.3 cm³/mol. The summed E-state index contributed by atoms with van der Waals surface area (Å²) < 4.78 is 10.0. The van der Waals surface area contributed by atoms with Gasteiger partial charge in [0, 0.05) is 19.8 Å². The fourth-order valence-electron chi connectivity index (χ4n) is 1.49. The van der Waals surface area contributed by atoms with Crippen LogP contribution in [0.2, 0.25) is 0 Å². The van der Waals surface area contributed by atoms with Crippen LogP contribution in [-0.2, 0) is 14.3 Å². The van der Waals surface area contributed by atoms with Gasteiger partial charge >= 0.3 is 12.1 Å². The van der Waals surface area contributed by atoms with Crippen LogP contribution in [-0.4, -0.2) is 49.2 Å². The molecule has 1 aromatic carbocycles. The second-order valence-electron chi connectivity index (χ2n) is 6.07. The molecule has 0 aliphatic rings. The highest BCUT2D eigenvalue weighted by Gasteiger charge is 2.17. The largest absolute Gasteiger partial charge is 0.452 e. The summed E-state index contributed by atoms with van der Waals surface area (Å²) in [5.74, 6) is -0.963. The maximum Gasteiger partial charge on any atom is 0.412 e. The normalized spacial score (nSPS) is 10.7. The van der Waals surface area contributed by atoms with E-state index in [9.17, 15) is 14.4 Å². The SMILES string of the molecule is CN(C)C(=O)COC(=O)c1cccc(NC(=O)OC(C)(C)C)c1. The van der Waals surface area contributed by atoms with Crippen molar-refractivity contribution < 1.29 is 23.9 Å². The number of esters is 1. The van der Waals surface area contributed by atoms with Crippen molar-refractivity contribution in [3.8, 4) is 0 Å². The van der Waals surface area contributed by atoms with Gasteiger partial charge in [-0.3, -0.25) is 10.1 Å². The topological polar surface area (TPSA) is 84.9 Å². The molecule has 1 rings (SSSR count). The number of benzene rings is 1. The predicted octanol–water partition coefficient (Wildman–Crippen LogP) is 2.28. The maximum absolute atomic E-state index is 11.9. The number of carbonyl (C=O) groups excluding carboxylic acids is 3. The Morgan fingerprint density at radius 3 is 2.39 bits per heavy atom. The molecule has 1 N–H and O–H groups in total. The average molecular weight is 322 g/mol. The molecule has 0 saturated heterocycles. The summed E-state index contributed by atoms with van der Waals surface area (Å²) in [5.41, 5.74) is 0.00503. The molecule has 0 radical (unpaired) electrons. The number of hydrogen-bond acceptors (Lipinski definition) is 5. The van der Waals surface area contributed by atoms with Gasteiger partial charge in [-0.05, 0) is 39.0 Å².